The van der Waals surface area contributed by atoms with Crippen molar-refractivity contribution in [2.24, 2.45) is 0 Å². The van der Waals surface area contributed by atoms with E-state index in [1.807, 2.05) is 0 Å². The minimum atomic E-state index is -0.742. The van der Waals surface area contributed by atoms with Crippen LogP contribution in [0.4, 0.5) is 5.69 Å². The third kappa shape index (κ3) is 8.09. The van der Waals surface area contributed by atoms with Gasteiger partial charge in [-0.25, -0.2) is 0 Å². The van der Waals surface area contributed by atoms with Crippen molar-refractivity contribution < 1.29 is 18.7 Å². The van der Waals surface area contributed by atoms with E-state index in [0.29, 0.717) is 17.8 Å². The molecule has 6 aromatic carbocycles. The van der Waals surface area contributed by atoms with Gasteiger partial charge in [-0.3, -0.25) is 0 Å². The summed E-state index contributed by atoms with van der Waals surface area (Å²) in [5.41, 5.74) is 18.1. The summed E-state index contributed by atoms with van der Waals surface area (Å²) in [6, 6.07) is 54.0. The van der Waals surface area contributed by atoms with Gasteiger partial charge in [0.1, 0.15) is 0 Å². The van der Waals surface area contributed by atoms with E-state index < -0.39 is 18.7 Å². The Morgan fingerprint density at radius 2 is 0.949 bits per heavy atom. The zero-order chi connectivity index (χ0) is 41.2. The molecule has 0 saturated heterocycles. The SMILES string of the molecule is Cc1cc(C(c2ccccc2)c2ccccc2)c(N2C=C3C=CC=C(c4c(C(C)C)cc(C(C)C)cc4C(C)C)N3[CH]2[Au-][Cl])c(C(c2ccccc2)c2ccccc2)c1. The van der Waals surface area contributed by atoms with Gasteiger partial charge in [0.05, 0.1) is 0 Å². The standard InChI is InChI=1S/C55H55N2.Au.ClH/c1-37(2)45-33-47(38(3)4)54(48(34-45)39(5)6)51-30-20-29-46-35-56(36-57(46)51)55-49(52(41-21-12-8-13-22-41)42-23-14-9-15-24-42)31-40(7)32-50(55)53(43-25-16-10-17-26-43)44-27-18-11-19-28-44;;/h8-39,52-53H,1-7H3;;1H/p-1. The molecule has 8 rings (SSSR count). The van der Waals surface area contributed by atoms with Crippen LogP contribution in [0.3, 0.4) is 0 Å². The number of benzene rings is 6. The molecule has 1 atom stereocenters. The Morgan fingerprint density at radius 3 is 1.32 bits per heavy atom. The number of hydrogen-bond acceptors (Lipinski definition) is 2. The zero-order valence-electron chi connectivity index (χ0n) is 35.2. The van der Waals surface area contributed by atoms with Crippen molar-refractivity contribution in [2.75, 3.05) is 4.90 Å². The number of hydrogen-bond donors (Lipinski definition) is 0. The normalized spacial score (nSPS) is 15.2. The molecule has 0 spiro atoms. The molecule has 0 radical (unpaired) electrons. The van der Waals surface area contributed by atoms with Crippen LogP contribution < -0.4 is 4.90 Å². The second-order valence-electron chi connectivity index (χ2n) is 16.9. The van der Waals surface area contributed by atoms with Gasteiger partial charge in [0.15, 0.2) is 0 Å². The molecule has 0 aromatic heterocycles. The van der Waals surface area contributed by atoms with E-state index in [9.17, 15) is 0 Å². The minimum absolute atomic E-state index is 0.0175. The van der Waals surface area contributed by atoms with Crippen molar-refractivity contribution in [3.8, 4) is 0 Å². The zero-order valence-corrected chi connectivity index (χ0v) is 38.1. The van der Waals surface area contributed by atoms with Crippen molar-refractivity contribution in [3.63, 3.8) is 0 Å². The summed E-state index contributed by atoms with van der Waals surface area (Å²) in [6.07, 6.45) is 9.27. The van der Waals surface area contributed by atoms with Gasteiger partial charge in [0, 0.05) is 0 Å². The maximum absolute atomic E-state index is 7.49. The number of anilines is 1. The Kier molecular flexibility index (Phi) is 12.3. The van der Waals surface area contributed by atoms with Gasteiger partial charge in [0.2, 0.25) is 0 Å². The molecule has 2 heterocycles. The summed E-state index contributed by atoms with van der Waals surface area (Å²) >= 11 is -0.742. The topological polar surface area (TPSA) is 6.48 Å². The molecule has 1 unspecified atom stereocenters. The molecule has 2 aliphatic rings. The predicted molar refractivity (Wildman–Crippen MR) is 247 cm³/mol. The Balaban J connectivity index is 1.41. The fourth-order valence-electron chi connectivity index (χ4n) is 9.12. The number of halogens is 1. The summed E-state index contributed by atoms with van der Waals surface area (Å²) in [4.78, 5) is 5.14. The fourth-order valence-corrected chi connectivity index (χ4v) is 11.6. The average Bonchev–Trinajstić information content (AvgIpc) is 3.63. The van der Waals surface area contributed by atoms with Crippen molar-refractivity contribution in [1.29, 1.82) is 0 Å². The summed E-state index contributed by atoms with van der Waals surface area (Å²) in [5.74, 6) is 1.12. The molecule has 304 valence electrons. The van der Waals surface area contributed by atoms with Crippen molar-refractivity contribution in [3.05, 3.63) is 237 Å². The van der Waals surface area contributed by atoms with E-state index in [1.165, 1.54) is 78.3 Å². The number of aryl methyl sites for hydroxylation is 1. The second kappa shape index (κ2) is 17.8. The van der Waals surface area contributed by atoms with Crippen LogP contribution >= 0.6 is 9.19 Å². The van der Waals surface area contributed by atoms with Gasteiger partial charge in [-0.1, -0.05) is 0 Å². The van der Waals surface area contributed by atoms with E-state index in [0.717, 1.165) is 0 Å². The van der Waals surface area contributed by atoms with Gasteiger partial charge < -0.3 is 0 Å². The van der Waals surface area contributed by atoms with E-state index in [2.05, 4.69) is 228 Å². The Bertz CT molecular complexity index is 2270. The molecule has 0 N–H and O–H groups in total. The van der Waals surface area contributed by atoms with Crippen LogP contribution in [0.2, 0.25) is 0 Å². The van der Waals surface area contributed by atoms with Gasteiger partial charge in [-0.15, -0.1) is 0 Å². The number of fused-ring (bicyclic) bond motifs is 1. The number of nitrogens with zero attached hydrogens (tertiary/aromatic N) is 2. The molecule has 2 nitrogen and oxygen atoms in total. The van der Waals surface area contributed by atoms with Crippen LogP contribution in [0.15, 0.2) is 176 Å². The molecule has 0 amide bonds. The molecule has 2 aliphatic heterocycles. The first kappa shape index (κ1) is 40.9. The first-order chi connectivity index (χ1) is 28.7. The summed E-state index contributed by atoms with van der Waals surface area (Å²) < 4.78 is -0.0905. The monoisotopic (exact) mass is 975 g/mol. The van der Waals surface area contributed by atoms with Crippen molar-refractivity contribution >= 4 is 20.6 Å². The number of rotatable bonds is 12. The molecule has 0 fully saturated rings. The van der Waals surface area contributed by atoms with Crippen molar-refractivity contribution in [2.45, 2.75) is 82.4 Å². The van der Waals surface area contributed by atoms with E-state index in [1.54, 1.807) is 0 Å². The molecular formula is C55H55AuClN2-. The molecular weight excluding hydrogens is 921 g/mol. The van der Waals surface area contributed by atoms with Gasteiger partial charge in [0.25, 0.3) is 0 Å². The van der Waals surface area contributed by atoms with Gasteiger partial charge >= 0.3 is 368 Å². The Morgan fingerprint density at radius 1 is 0.525 bits per heavy atom. The van der Waals surface area contributed by atoms with E-state index in [-0.39, 0.29) is 16.2 Å². The fraction of sp³-hybridized carbons (Fsp3) is 0.236. The van der Waals surface area contributed by atoms with E-state index >= 15 is 0 Å². The maximum atomic E-state index is 7.49. The molecule has 4 heteroatoms. The van der Waals surface area contributed by atoms with Crippen LogP contribution in [0, 0.1) is 6.92 Å². The quantitative estimate of drug-likeness (QED) is 0.0891. The predicted octanol–water partition coefficient (Wildman–Crippen LogP) is 14.8. The summed E-state index contributed by atoms with van der Waals surface area (Å²) in [6.45, 7) is 16.3. The Hall–Kier alpha value is -4.83. The van der Waals surface area contributed by atoms with Crippen LogP contribution in [0.25, 0.3) is 5.70 Å². The van der Waals surface area contributed by atoms with Crippen LogP contribution in [-0.2, 0) is 18.7 Å². The number of allylic oxidation sites excluding steroid dienone is 3. The van der Waals surface area contributed by atoms with Crippen molar-refractivity contribution in [1.82, 2.24) is 4.90 Å². The second-order valence-corrected chi connectivity index (χ2v) is 19.6. The third-order valence-electron chi connectivity index (χ3n) is 11.9. The molecule has 59 heavy (non-hydrogen) atoms. The Labute approximate surface area is 366 Å². The third-order valence-corrected chi connectivity index (χ3v) is 14.5. The summed E-state index contributed by atoms with van der Waals surface area (Å²) in [5, 5.41) is 0. The van der Waals surface area contributed by atoms with Crippen LogP contribution in [0.1, 0.15) is 132 Å². The first-order valence-electron chi connectivity index (χ1n) is 21.0. The molecule has 0 bridgehead atoms. The summed E-state index contributed by atoms with van der Waals surface area (Å²) in [7, 11) is 7.49. The van der Waals surface area contributed by atoms with Crippen LogP contribution in [0.5, 0.6) is 0 Å². The average molecular weight is 976 g/mol. The molecule has 0 aliphatic carbocycles. The van der Waals surface area contributed by atoms with E-state index in [4.69, 9.17) is 9.19 Å². The van der Waals surface area contributed by atoms with Crippen LogP contribution in [-0.4, -0.2) is 9.28 Å². The van der Waals surface area contributed by atoms with Gasteiger partial charge in [-0.2, -0.15) is 0 Å². The molecule has 6 aromatic rings. The molecule has 0 saturated carbocycles. The first-order valence-corrected chi connectivity index (χ1v) is 25.0. The van der Waals surface area contributed by atoms with Gasteiger partial charge in [-0.05, 0) is 0 Å².